The van der Waals surface area contributed by atoms with Crippen molar-refractivity contribution in [1.82, 2.24) is 0 Å². The highest BCUT2D eigenvalue weighted by molar-refractivity contribution is 6.06. The average Bonchev–Trinajstić information content (AvgIpc) is 2.61. The Balaban J connectivity index is 2.06. The second kappa shape index (κ2) is 8.29. The molecule has 0 bridgehead atoms. The number of ether oxygens (including phenoxy) is 2. The van der Waals surface area contributed by atoms with E-state index in [1.165, 1.54) is 18.2 Å². The fraction of sp³-hybridized carbons (Fsp3) is 0.238. The molecule has 0 heterocycles. The molecule has 2 aromatic carbocycles. The molecule has 0 fully saturated rings. The van der Waals surface area contributed by atoms with Gasteiger partial charge in [0.05, 0.1) is 7.11 Å². The van der Waals surface area contributed by atoms with Crippen molar-refractivity contribution in [2.45, 2.75) is 20.8 Å². The molecule has 25 heavy (non-hydrogen) atoms. The van der Waals surface area contributed by atoms with Crippen molar-refractivity contribution >= 4 is 17.8 Å². The van der Waals surface area contributed by atoms with Crippen molar-refractivity contribution in [2.24, 2.45) is 0 Å². The largest absolute Gasteiger partial charge is 0.482 e. The predicted molar refractivity (Wildman–Crippen MR) is 98.0 cm³/mol. The lowest BCUT2D eigenvalue weighted by molar-refractivity contribution is -0.142. The zero-order chi connectivity index (χ0) is 18.4. The van der Waals surface area contributed by atoms with Crippen LogP contribution >= 0.6 is 0 Å². The number of allylic oxidation sites excluding steroid dienone is 1. The van der Waals surface area contributed by atoms with Gasteiger partial charge in [0.2, 0.25) is 0 Å². The van der Waals surface area contributed by atoms with E-state index in [1.807, 2.05) is 13.0 Å². The van der Waals surface area contributed by atoms with Crippen LogP contribution in [0.1, 0.15) is 32.6 Å². The van der Waals surface area contributed by atoms with Crippen LogP contribution in [0.5, 0.6) is 5.75 Å². The molecular weight excluding hydrogens is 316 g/mol. The highest BCUT2D eigenvalue weighted by atomic mass is 16.6. The molecule has 0 radical (unpaired) electrons. The number of ketones is 1. The summed E-state index contributed by atoms with van der Waals surface area (Å²) in [7, 11) is 1.30. The number of esters is 1. The fourth-order valence-electron chi connectivity index (χ4n) is 2.34. The number of rotatable bonds is 6. The minimum Gasteiger partial charge on any atom is -0.482 e. The summed E-state index contributed by atoms with van der Waals surface area (Å²) in [4.78, 5) is 23.3. The topological polar surface area (TPSA) is 52.6 Å². The number of aryl methyl sites for hydroxylation is 3. The molecule has 4 nitrogen and oxygen atoms in total. The Labute approximate surface area is 148 Å². The molecule has 0 aliphatic heterocycles. The Morgan fingerprint density at radius 3 is 2.24 bits per heavy atom. The van der Waals surface area contributed by atoms with E-state index in [0.29, 0.717) is 11.3 Å². The molecule has 130 valence electrons. The zero-order valence-corrected chi connectivity index (χ0v) is 15.0. The highest BCUT2D eigenvalue weighted by Gasteiger charge is 2.05. The summed E-state index contributed by atoms with van der Waals surface area (Å²) in [5.41, 5.74) is 5.17. The summed E-state index contributed by atoms with van der Waals surface area (Å²) in [5.74, 6) is -0.0278. The van der Waals surface area contributed by atoms with Gasteiger partial charge in [-0.25, -0.2) is 4.79 Å². The highest BCUT2D eigenvalue weighted by Crippen LogP contribution is 2.18. The summed E-state index contributed by atoms with van der Waals surface area (Å²) in [6.07, 6.45) is 3.41. The van der Waals surface area contributed by atoms with E-state index in [-0.39, 0.29) is 12.4 Å². The minimum atomic E-state index is -0.452. The number of carbonyl (C=O) groups is 2. The van der Waals surface area contributed by atoms with E-state index in [0.717, 1.165) is 11.1 Å². The second-order valence-electron chi connectivity index (χ2n) is 5.88. The third-order valence-electron chi connectivity index (χ3n) is 4.02. The molecule has 0 saturated carbocycles. The van der Waals surface area contributed by atoms with Gasteiger partial charge in [-0.15, -0.1) is 0 Å². The van der Waals surface area contributed by atoms with Crippen LogP contribution in [0, 0.1) is 20.8 Å². The average molecular weight is 338 g/mol. The number of hydrogen-bond acceptors (Lipinski definition) is 4. The van der Waals surface area contributed by atoms with Gasteiger partial charge in [0.15, 0.2) is 12.4 Å². The number of benzene rings is 2. The van der Waals surface area contributed by atoms with Crippen molar-refractivity contribution < 1.29 is 19.1 Å². The van der Waals surface area contributed by atoms with Crippen LogP contribution in [-0.2, 0) is 9.53 Å². The number of hydrogen-bond donors (Lipinski definition) is 0. The van der Waals surface area contributed by atoms with Crippen LogP contribution in [0.25, 0.3) is 6.08 Å². The minimum absolute atomic E-state index is 0.0860. The van der Waals surface area contributed by atoms with Crippen LogP contribution in [0.3, 0.4) is 0 Å². The first kappa shape index (κ1) is 18.5. The third kappa shape index (κ3) is 5.05. The molecule has 0 saturated heterocycles. The molecular formula is C21H22O4. The summed E-state index contributed by atoms with van der Waals surface area (Å²) < 4.78 is 9.76. The van der Waals surface area contributed by atoms with Crippen molar-refractivity contribution in [1.29, 1.82) is 0 Å². The molecule has 4 heteroatoms. The maximum atomic E-state index is 12.3. The van der Waals surface area contributed by atoms with Crippen molar-refractivity contribution in [3.05, 3.63) is 70.3 Å². The van der Waals surface area contributed by atoms with E-state index in [9.17, 15) is 9.59 Å². The maximum absolute atomic E-state index is 12.3. The molecule has 0 spiro atoms. The van der Waals surface area contributed by atoms with Gasteiger partial charge in [-0.05, 0) is 73.4 Å². The van der Waals surface area contributed by atoms with E-state index in [1.54, 1.807) is 30.3 Å². The lowest BCUT2D eigenvalue weighted by Gasteiger charge is -2.06. The van der Waals surface area contributed by atoms with E-state index in [2.05, 4.69) is 30.7 Å². The molecule has 0 unspecified atom stereocenters. The Morgan fingerprint density at radius 1 is 0.960 bits per heavy atom. The summed E-state index contributed by atoms with van der Waals surface area (Å²) in [5, 5.41) is 0. The molecule has 0 N–H and O–H groups in total. The van der Waals surface area contributed by atoms with Gasteiger partial charge in [-0.1, -0.05) is 18.2 Å². The Kier molecular flexibility index (Phi) is 6.12. The molecule has 2 rings (SSSR count). The van der Waals surface area contributed by atoms with Gasteiger partial charge in [-0.3, -0.25) is 4.79 Å². The maximum Gasteiger partial charge on any atom is 0.343 e. The normalized spacial score (nSPS) is 10.7. The Bertz CT molecular complexity index is 801. The summed E-state index contributed by atoms with van der Waals surface area (Å²) >= 11 is 0. The number of methoxy groups -OCH3 is 1. The first-order valence-corrected chi connectivity index (χ1v) is 8.00. The van der Waals surface area contributed by atoms with Crippen LogP contribution in [0.4, 0.5) is 0 Å². The van der Waals surface area contributed by atoms with E-state index >= 15 is 0 Å². The van der Waals surface area contributed by atoms with Gasteiger partial charge < -0.3 is 9.47 Å². The summed E-state index contributed by atoms with van der Waals surface area (Å²) in [6.45, 7) is 6.01. The smallest absolute Gasteiger partial charge is 0.343 e. The first-order chi connectivity index (χ1) is 11.9. The molecule has 2 aromatic rings. The summed E-state index contributed by atoms with van der Waals surface area (Å²) in [6, 6.07) is 10.9. The second-order valence-corrected chi connectivity index (χ2v) is 5.88. The SMILES string of the molecule is COC(=O)COc1ccc(C(=O)/C=C/c2cc(C)c(C)cc2C)cc1. The quantitative estimate of drug-likeness (QED) is 0.453. The molecule has 0 aromatic heterocycles. The Hall–Kier alpha value is -2.88. The van der Waals surface area contributed by atoms with Gasteiger partial charge >= 0.3 is 5.97 Å². The molecule has 0 amide bonds. The van der Waals surface area contributed by atoms with Crippen LogP contribution in [0.15, 0.2) is 42.5 Å². The monoisotopic (exact) mass is 338 g/mol. The van der Waals surface area contributed by atoms with Crippen LogP contribution in [-0.4, -0.2) is 25.5 Å². The molecule has 0 atom stereocenters. The van der Waals surface area contributed by atoms with Crippen molar-refractivity contribution in [3.8, 4) is 5.75 Å². The van der Waals surface area contributed by atoms with Gasteiger partial charge in [0.25, 0.3) is 0 Å². The first-order valence-electron chi connectivity index (χ1n) is 8.00. The van der Waals surface area contributed by atoms with Crippen LogP contribution in [0.2, 0.25) is 0 Å². The molecule has 0 aliphatic carbocycles. The third-order valence-corrected chi connectivity index (χ3v) is 4.02. The van der Waals surface area contributed by atoms with Gasteiger partial charge in [0.1, 0.15) is 5.75 Å². The predicted octanol–water partition coefficient (Wildman–Crippen LogP) is 4.06. The van der Waals surface area contributed by atoms with Gasteiger partial charge in [-0.2, -0.15) is 0 Å². The zero-order valence-electron chi connectivity index (χ0n) is 15.0. The van der Waals surface area contributed by atoms with E-state index < -0.39 is 5.97 Å². The number of carbonyl (C=O) groups excluding carboxylic acids is 2. The Morgan fingerprint density at radius 2 is 1.60 bits per heavy atom. The van der Waals surface area contributed by atoms with Gasteiger partial charge in [0, 0.05) is 5.56 Å². The van der Waals surface area contributed by atoms with E-state index in [4.69, 9.17) is 4.74 Å². The standard InChI is InChI=1S/C21H22O4/c1-14-11-16(3)18(12-15(14)2)7-10-20(22)17-5-8-19(9-6-17)25-13-21(23)24-4/h5-12H,13H2,1-4H3/b10-7+. The lowest BCUT2D eigenvalue weighted by Crippen LogP contribution is -2.12. The fourth-order valence-corrected chi connectivity index (χ4v) is 2.34. The van der Waals surface area contributed by atoms with Crippen molar-refractivity contribution in [2.75, 3.05) is 13.7 Å². The lowest BCUT2D eigenvalue weighted by atomic mass is 10.00. The molecule has 0 aliphatic rings. The van der Waals surface area contributed by atoms with Crippen LogP contribution < -0.4 is 4.74 Å². The van der Waals surface area contributed by atoms with Crippen molar-refractivity contribution in [3.63, 3.8) is 0 Å².